The number of hydrogen-bond donors (Lipinski definition) is 0. The molecule has 0 saturated heterocycles. The SMILES string of the molecule is CC/C=C\C/C=C\C/C=C\CC(C)(C)OC(=O)OC(C)C(C)CC. The van der Waals surface area contributed by atoms with Gasteiger partial charge in [-0.05, 0) is 46.0 Å². The topological polar surface area (TPSA) is 35.5 Å². The van der Waals surface area contributed by atoms with E-state index in [0.717, 1.165) is 25.7 Å². The van der Waals surface area contributed by atoms with Crippen LogP contribution in [0.15, 0.2) is 36.5 Å². The highest BCUT2D eigenvalue weighted by molar-refractivity contribution is 5.60. The van der Waals surface area contributed by atoms with Crippen LogP contribution >= 0.6 is 0 Å². The van der Waals surface area contributed by atoms with E-state index in [4.69, 9.17) is 9.47 Å². The van der Waals surface area contributed by atoms with E-state index in [1.807, 2.05) is 20.8 Å². The Morgan fingerprint density at radius 3 is 2.04 bits per heavy atom. The van der Waals surface area contributed by atoms with Crippen molar-refractivity contribution in [3.63, 3.8) is 0 Å². The van der Waals surface area contributed by atoms with Gasteiger partial charge < -0.3 is 9.47 Å². The predicted octanol–water partition coefficient (Wildman–Crippen LogP) is 6.60. The normalized spacial score (nSPS) is 15.2. The lowest BCUT2D eigenvalue weighted by atomic mass is 10.0. The molecular weight excluding hydrogens is 300 g/mol. The molecule has 0 N–H and O–H groups in total. The summed E-state index contributed by atoms with van der Waals surface area (Å²) in [6, 6.07) is 0. The van der Waals surface area contributed by atoms with Gasteiger partial charge in [-0.2, -0.15) is 0 Å². The lowest BCUT2D eigenvalue weighted by Crippen LogP contribution is -2.31. The third-order valence-electron chi connectivity index (χ3n) is 3.98. The van der Waals surface area contributed by atoms with Crippen molar-refractivity contribution in [1.82, 2.24) is 0 Å². The first-order valence-corrected chi connectivity index (χ1v) is 9.17. The zero-order valence-corrected chi connectivity index (χ0v) is 16.4. The van der Waals surface area contributed by atoms with Gasteiger partial charge in [-0.3, -0.25) is 0 Å². The molecule has 2 unspecified atom stereocenters. The third kappa shape index (κ3) is 12.0. The molecule has 138 valence electrons. The lowest BCUT2D eigenvalue weighted by molar-refractivity contribution is -0.0393. The Labute approximate surface area is 148 Å². The number of rotatable bonds is 11. The van der Waals surface area contributed by atoms with Crippen LogP contribution in [0.3, 0.4) is 0 Å². The van der Waals surface area contributed by atoms with Gasteiger partial charge in [-0.15, -0.1) is 0 Å². The molecule has 24 heavy (non-hydrogen) atoms. The van der Waals surface area contributed by atoms with E-state index in [1.54, 1.807) is 0 Å². The van der Waals surface area contributed by atoms with Crippen LogP contribution in [0.5, 0.6) is 0 Å². The van der Waals surface area contributed by atoms with Crippen molar-refractivity contribution >= 4 is 6.16 Å². The maximum Gasteiger partial charge on any atom is 0.509 e. The van der Waals surface area contributed by atoms with Crippen molar-refractivity contribution in [3.8, 4) is 0 Å². The standard InChI is InChI=1S/C21H36O3/c1-7-9-10-11-12-13-14-15-16-17-21(5,6)24-20(22)23-19(4)18(3)8-2/h9-10,12-13,15-16,18-19H,7-8,11,14,17H2,1-6H3/b10-9-,13-12-,16-15-. The van der Waals surface area contributed by atoms with E-state index in [0.29, 0.717) is 12.3 Å². The first-order valence-electron chi connectivity index (χ1n) is 9.17. The summed E-state index contributed by atoms with van der Waals surface area (Å²) in [4.78, 5) is 11.9. The minimum absolute atomic E-state index is 0.124. The molecule has 3 heteroatoms. The Kier molecular flexibility index (Phi) is 12.0. The molecule has 0 aliphatic carbocycles. The zero-order valence-electron chi connectivity index (χ0n) is 16.4. The molecule has 0 rings (SSSR count). The largest absolute Gasteiger partial charge is 0.509 e. The van der Waals surface area contributed by atoms with Crippen molar-refractivity contribution in [3.05, 3.63) is 36.5 Å². The smallest absolute Gasteiger partial charge is 0.431 e. The molecular formula is C21H36O3. The van der Waals surface area contributed by atoms with E-state index in [2.05, 4.69) is 57.2 Å². The molecule has 0 aliphatic rings. The van der Waals surface area contributed by atoms with Gasteiger partial charge in [0.1, 0.15) is 11.7 Å². The number of carbonyl (C=O) groups is 1. The molecule has 0 aromatic carbocycles. The van der Waals surface area contributed by atoms with Gasteiger partial charge in [0, 0.05) is 6.42 Å². The molecule has 0 aromatic heterocycles. The average molecular weight is 337 g/mol. The van der Waals surface area contributed by atoms with Crippen molar-refractivity contribution in [2.45, 2.75) is 85.4 Å². The van der Waals surface area contributed by atoms with E-state index in [-0.39, 0.29) is 6.10 Å². The van der Waals surface area contributed by atoms with Crippen molar-refractivity contribution in [1.29, 1.82) is 0 Å². The lowest BCUT2D eigenvalue weighted by Gasteiger charge is -2.25. The second-order valence-corrected chi connectivity index (χ2v) is 6.82. The summed E-state index contributed by atoms with van der Waals surface area (Å²) in [5.74, 6) is 0.333. The molecule has 0 aliphatic heterocycles. The van der Waals surface area contributed by atoms with Crippen molar-refractivity contribution < 1.29 is 14.3 Å². The number of ether oxygens (including phenoxy) is 2. The maximum absolute atomic E-state index is 11.9. The highest BCUT2D eigenvalue weighted by Gasteiger charge is 2.24. The van der Waals surface area contributed by atoms with Crippen LogP contribution in [0.2, 0.25) is 0 Å². The van der Waals surface area contributed by atoms with Crippen LogP contribution < -0.4 is 0 Å². The Hall–Kier alpha value is -1.51. The van der Waals surface area contributed by atoms with Gasteiger partial charge in [-0.1, -0.05) is 63.6 Å². The molecule has 2 atom stereocenters. The quantitative estimate of drug-likeness (QED) is 0.315. The highest BCUT2D eigenvalue weighted by Crippen LogP contribution is 2.18. The van der Waals surface area contributed by atoms with Gasteiger partial charge in [-0.25, -0.2) is 4.79 Å². The summed E-state index contributed by atoms with van der Waals surface area (Å²) < 4.78 is 10.8. The van der Waals surface area contributed by atoms with E-state index >= 15 is 0 Å². The summed E-state index contributed by atoms with van der Waals surface area (Å²) in [7, 11) is 0. The summed E-state index contributed by atoms with van der Waals surface area (Å²) in [5, 5.41) is 0. The molecule has 0 bridgehead atoms. The molecule has 0 aromatic rings. The third-order valence-corrected chi connectivity index (χ3v) is 3.98. The fourth-order valence-electron chi connectivity index (χ4n) is 1.97. The molecule has 3 nitrogen and oxygen atoms in total. The van der Waals surface area contributed by atoms with E-state index in [1.165, 1.54) is 0 Å². The predicted molar refractivity (Wildman–Crippen MR) is 102 cm³/mol. The van der Waals surface area contributed by atoms with Gasteiger partial charge in [0.2, 0.25) is 0 Å². The van der Waals surface area contributed by atoms with Crippen LogP contribution in [0.1, 0.15) is 73.6 Å². The van der Waals surface area contributed by atoms with E-state index < -0.39 is 11.8 Å². The zero-order chi connectivity index (χ0) is 18.4. The first kappa shape index (κ1) is 22.5. The second-order valence-electron chi connectivity index (χ2n) is 6.82. The molecule has 0 spiro atoms. The first-order chi connectivity index (χ1) is 11.3. The molecule has 0 amide bonds. The minimum atomic E-state index is -0.580. The summed E-state index contributed by atoms with van der Waals surface area (Å²) >= 11 is 0. The van der Waals surface area contributed by atoms with Gasteiger partial charge in [0.25, 0.3) is 0 Å². The Morgan fingerprint density at radius 1 is 0.958 bits per heavy atom. The number of carbonyl (C=O) groups excluding carboxylic acids is 1. The van der Waals surface area contributed by atoms with Crippen LogP contribution in [-0.4, -0.2) is 17.9 Å². The number of allylic oxidation sites excluding steroid dienone is 5. The van der Waals surface area contributed by atoms with Crippen molar-refractivity contribution in [2.24, 2.45) is 5.92 Å². The van der Waals surface area contributed by atoms with Crippen LogP contribution in [0.4, 0.5) is 4.79 Å². The van der Waals surface area contributed by atoms with Gasteiger partial charge in [0.15, 0.2) is 0 Å². The summed E-state index contributed by atoms with van der Waals surface area (Å²) in [5.41, 5.74) is -0.559. The highest BCUT2D eigenvalue weighted by atomic mass is 16.7. The molecule has 0 fully saturated rings. The second kappa shape index (κ2) is 12.9. The molecule has 0 saturated carbocycles. The van der Waals surface area contributed by atoms with Gasteiger partial charge >= 0.3 is 6.16 Å². The van der Waals surface area contributed by atoms with Crippen LogP contribution in [0.25, 0.3) is 0 Å². The Balaban J connectivity index is 4.09. The Morgan fingerprint density at radius 2 is 1.50 bits per heavy atom. The fourth-order valence-corrected chi connectivity index (χ4v) is 1.97. The fraction of sp³-hybridized carbons (Fsp3) is 0.667. The number of hydrogen-bond acceptors (Lipinski definition) is 3. The maximum atomic E-state index is 11.9. The minimum Gasteiger partial charge on any atom is -0.431 e. The summed E-state index contributed by atoms with van der Waals surface area (Å²) in [6.45, 7) is 12.0. The van der Waals surface area contributed by atoms with Crippen LogP contribution in [-0.2, 0) is 9.47 Å². The monoisotopic (exact) mass is 336 g/mol. The van der Waals surface area contributed by atoms with Gasteiger partial charge in [0.05, 0.1) is 0 Å². The summed E-state index contributed by atoms with van der Waals surface area (Å²) in [6.07, 6.45) is 16.7. The van der Waals surface area contributed by atoms with Crippen molar-refractivity contribution in [2.75, 3.05) is 0 Å². The molecule has 0 heterocycles. The molecule has 0 radical (unpaired) electrons. The average Bonchev–Trinajstić information content (AvgIpc) is 2.51. The Bertz CT molecular complexity index is 419. The van der Waals surface area contributed by atoms with E-state index in [9.17, 15) is 4.79 Å². The van der Waals surface area contributed by atoms with Crippen LogP contribution in [0, 0.1) is 5.92 Å².